The predicted molar refractivity (Wildman–Crippen MR) is 71.4 cm³/mol. The molecule has 0 spiro atoms. The number of rotatable bonds is 3. The van der Waals surface area contributed by atoms with E-state index in [2.05, 4.69) is 22.2 Å². The molecule has 0 radical (unpaired) electrons. The van der Waals surface area contributed by atoms with Gasteiger partial charge in [0.1, 0.15) is 6.33 Å². The van der Waals surface area contributed by atoms with Crippen LogP contribution in [0, 0.1) is 18.7 Å². The average Bonchev–Trinajstić information content (AvgIpc) is 2.38. The molecular weight excluding hydrogens is 253 g/mol. The molecule has 1 aliphatic rings. The van der Waals surface area contributed by atoms with Crippen molar-refractivity contribution in [3.63, 3.8) is 0 Å². The van der Waals surface area contributed by atoms with Crippen molar-refractivity contribution in [1.82, 2.24) is 9.97 Å². The van der Waals surface area contributed by atoms with Crippen molar-refractivity contribution in [2.24, 2.45) is 5.92 Å². The summed E-state index contributed by atoms with van der Waals surface area (Å²) in [6.45, 7) is 3.88. The quantitative estimate of drug-likeness (QED) is 0.855. The first-order valence-electron chi connectivity index (χ1n) is 6.37. The van der Waals surface area contributed by atoms with Gasteiger partial charge in [-0.15, -0.1) is 11.6 Å². The first kappa shape index (κ1) is 13.5. The van der Waals surface area contributed by atoms with Gasteiger partial charge in [-0.05, 0) is 38.5 Å². The van der Waals surface area contributed by atoms with Gasteiger partial charge >= 0.3 is 0 Å². The molecule has 1 N–H and O–H groups in total. The van der Waals surface area contributed by atoms with E-state index in [0.29, 0.717) is 11.6 Å². The van der Waals surface area contributed by atoms with Gasteiger partial charge in [0.2, 0.25) is 0 Å². The Morgan fingerprint density at radius 3 is 2.72 bits per heavy atom. The number of hydrogen-bond donors (Lipinski definition) is 1. The minimum absolute atomic E-state index is 0.226. The second-order valence-electron chi connectivity index (χ2n) is 5.34. The lowest BCUT2D eigenvalue weighted by atomic mass is 9.78. The molecular formula is C13H19ClFN3. The number of halogens is 2. The number of hydrogen-bond acceptors (Lipinski definition) is 3. The van der Waals surface area contributed by atoms with Crippen LogP contribution in [0.15, 0.2) is 6.33 Å². The molecule has 0 atom stereocenters. The molecule has 5 heteroatoms. The lowest BCUT2D eigenvalue weighted by Gasteiger charge is -2.39. The van der Waals surface area contributed by atoms with Gasteiger partial charge in [-0.1, -0.05) is 6.92 Å². The molecule has 2 rings (SSSR count). The van der Waals surface area contributed by atoms with Gasteiger partial charge in [0.15, 0.2) is 11.6 Å². The van der Waals surface area contributed by atoms with Crippen LogP contribution < -0.4 is 5.32 Å². The summed E-state index contributed by atoms with van der Waals surface area (Å²) in [5.74, 6) is 1.10. The minimum atomic E-state index is -0.374. The molecule has 0 saturated heterocycles. The van der Waals surface area contributed by atoms with Crippen LogP contribution in [-0.4, -0.2) is 21.4 Å². The normalized spacial score (nSPS) is 28.1. The molecule has 3 nitrogen and oxygen atoms in total. The first-order valence-corrected chi connectivity index (χ1v) is 6.91. The number of nitrogens with zero attached hydrogens (tertiary/aromatic N) is 2. The van der Waals surface area contributed by atoms with Crippen molar-refractivity contribution in [3.8, 4) is 0 Å². The summed E-state index contributed by atoms with van der Waals surface area (Å²) in [6.07, 6.45) is 5.53. The van der Waals surface area contributed by atoms with Crippen LogP contribution in [-0.2, 0) is 0 Å². The number of nitrogens with one attached hydrogen (secondary N) is 1. The summed E-state index contributed by atoms with van der Waals surface area (Å²) in [5, 5.41) is 3.22. The number of anilines is 1. The Hall–Kier alpha value is -0.900. The van der Waals surface area contributed by atoms with Gasteiger partial charge < -0.3 is 5.32 Å². The van der Waals surface area contributed by atoms with Gasteiger partial charge in [0.05, 0.1) is 11.2 Å². The molecule has 0 bridgehead atoms. The zero-order valence-electron chi connectivity index (χ0n) is 10.8. The average molecular weight is 272 g/mol. The Morgan fingerprint density at radius 2 is 2.11 bits per heavy atom. The maximum atomic E-state index is 13.9. The van der Waals surface area contributed by atoms with Crippen LogP contribution >= 0.6 is 11.6 Å². The lowest BCUT2D eigenvalue weighted by molar-refractivity contribution is 0.285. The summed E-state index contributed by atoms with van der Waals surface area (Å²) in [5.41, 5.74) is 0.136. The Kier molecular flexibility index (Phi) is 4.05. The minimum Gasteiger partial charge on any atom is -0.361 e. The summed E-state index contributed by atoms with van der Waals surface area (Å²) in [7, 11) is 0. The van der Waals surface area contributed by atoms with Gasteiger partial charge in [0.25, 0.3) is 0 Å². The van der Waals surface area contributed by atoms with Crippen molar-refractivity contribution in [3.05, 3.63) is 17.8 Å². The Labute approximate surface area is 112 Å². The monoisotopic (exact) mass is 271 g/mol. The van der Waals surface area contributed by atoms with E-state index in [1.165, 1.54) is 6.33 Å². The van der Waals surface area contributed by atoms with E-state index in [0.717, 1.165) is 31.6 Å². The fraction of sp³-hybridized carbons (Fsp3) is 0.692. The molecule has 100 valence electrons. The molecule has 0 amide bonds. The molecule has 18 heavy (non-hydrogen) atoms. The molecule has 1 aromatic heterocycles. The van der Waals surface area contributed by atoms with Crippen LogP contribution in [0.5, 0.6) is 0 Å². The number of aryl methyl sites for hydroxylation is 1. The van der Waals surface area contributed by atoms with E-state index in [9.17, 15) is 4.39 Å². The molecule has 0 aromatic carbocycles. The second kappa shape index (κ2) is 5.39. The van der Waals surface area contributed by atoms with Gasteiger partial charge in [-0.3, -0.25) is 0 Å². The maximum absolute atomic E-state index is 13.9. The smallest absolute Gasteiger partial charge is 0.186 e. The molecule has 1 saturated carbocycles. The van der Waals surface area contributed by atoms with E-state index >= 15 is 0 Å². The highest BCUT2D eigenvalue weighted by molar-refractivity contribution is 6.18. The molecule has 1 heterocycles. The summed E-state index contributed by atoms with van der Waals surface area (Å²) < 4.78 is 13.9. The number of aromatic nitrogens is 2. The van der Waals surface area contributed by atoms with Gasteiger partial charge in [-0.25, -0.2) is 14.4 Å². The lowest BCUT2D eigenvalue weighted by Crippen LogP contribution is -2.44. The van der Waals surface area contributed by atoms with E-state index in [-0.39, 0.29) is 17.2 Å². The topological polar surface area (TPSA) is 37.8 Å². The van der Waals surface area contributed by atoms with Crippen LogP contribution in [0.25, 0.3) is 0 Å². The number of alkyl halides is 1. The Morgan fingerprint density at radius 1 is 1.44 bits per heavy atom. The van der Waals surface area contributed by atoms with Crippen molar-refractivity contribution in [1.29, 1.82) is 0 Å². The van der Waals surface area contributed by atoms with Crippen molar-refractivity contribution < 1.29 is 4.39 Å². The van der Waals surface area contributed by atoms with Crippen LogP contribution in [0.4, 0.5) is 10.2 Å². The van der Waals surface area contributed by atoms with Crippen LogP contribution in [0.2, 0.25) is 0 Å². The van der Waals surface area contributed by atoms with Gasteiger partial charge in [-0.2, -0.15) is 0 Å². The fourth-order valence-electron chi connectivity index (χ4n) is 2.40. The van der Waals surface area contributed by atoms with Crippen molar-refractivity contribution >= 4 is 17.4 Å². The van der Waals surface area contributed by atoms with E-state index in [1.54, 1.807) is 6.92 Å². The highest BCUT2D eigenvalue weighted by Crippen LogP contribution is 2.35. The molecule has 1 fully saturated rings. The summed E-state index contributed by atoms with van der Waals surface area (Å²) >= 11 is 6.10. The third-order valence-corrected chi connectivity index (χ3v) is 4.35. The molecule has 0 unspecified atom stereocenters. The third kappa shape index (κ3) is 2.74. The van der Waals surface area contributed by atoms with Crippen LogP contribution in [0.3, 0.4) is 0 Å². The molecule has 0 aliphatic heterocycles. The Balaban J connectivity index is 2.17. The van der Waals surface area contributed by atoms with Crippen LogP contribution in [0.1, 0.15) is 38.3 Å². The highest BCUT2D eigenvalue weighted by atomic mass is 35.5. The van der Waals surface area contributed by atoms with E-state index < -0.39 is 0 Å². The van der Waals surface area contributed by atoms with Gasteiger partial charge in [0, 0.05) is 5.88 Å². The van der Waals surface area contributed by atoms with E-state index in [1.807, 2.05) is 0 Å². The summed E-state index contributed by atoms with van der Waals surface area (Å²) in [6, 6.07) is 0. The standard InChI is InChI=1S/C13H19ClFN3/c1-9-3-5-13(7-14,6-4-9)18-12-11(15)10(2)16-8-17-12/h8-9H,3-7H2,1-2H3,(H,16,17,18). The highest BCUT2D eigenvalue weighted by Gasteiger charge is 2.34. The van der Waals surface area contributed by atoms with Crippen molar-refractivity contribution in [2.45, 2.75) is 45.1 Å². The maximum Gasteiger partial charge on any atom is 0.186 e. The zero-order valence-corrected chi connectivity index (χ0v) is 11.6. The summed E-state index contributed by atoms with van der Waals surface area (Å²) in [4.78, 5) is 7.82. The second-order valence-corrected chi connectivity index (χ2v) is 5.61. The van der Waals surface area contributed by atoms with Crippen molar-refractivity contribution in [2.75, 3.05) is 11.2 Å². The first-order chi connectivity index (χ1) is 8.56. The third-order valence-electron chi connectivity index (χ3n) is 3.83. The SMILES string of the molecule is Cc1ncnc(NC2(CCl)CCC(C)CC2)c1F. The van der Waals surface area contributed by atoms with E-state index in [4.69, 9.17) is 11.6 Å². The zero-order chi connectivity index (χ0) is 13.2. The largest absolute Gasteiger partial charge is 0.361 e. The Bertz CT molecular complexity index is 417. The molecule has 1 aliphatic carbocycles. The molecule has 1 aromatic rings. The predicted octanol–water partition coefficient (Wildman–Crippen LogP) is 3.52. The fourth-order valence-corrected chi connectivity index (χ4v) is 2.74.